The maximum absolute atomic E-state index is 13.0. The van der Waals surface area contributed by atoms with Gasteiger partial charge in [-0.15, -0.1) is 0 Å². The Balaban J connectivity index is 1.74. The molecule has 0 spiro atoms. The molecule has 4 rings (SSSR count). The number of carbonyl (C=O) groups excluding carboxylic acids is 1. The van der Waals surface area contributed by atoms with Crippen LogP contribution in [0.4, 0.5) is 4.79 Å². The molecule has 0 radical (unpaired) electrons. The number of rotatable bonds is 8. The van der Waals surface area contributed by atoms with E-state index in [1.807, 2.05) is 56.3 Å². The van der Waals surface area contributed by atoms with Crippen molar-refractivity contribution in [2.45, 2.75) is 40.2 Å². The summed E-state index contributed by atoms with van der Waals surface area (Å²) in [5.74, 6) is 2.07. The zero-order chi connectivity index (χ0) is 24.2. The van der Waals surface area contributed by atoms with Crippen molar-refractivity contribution in [3.8, 4) is 17.1 Å². The third-order valence-corrected chi connectivity index (χ3v) is 6.02. The van der Waals surface area contributed by atoms with E-state index in [0.717, 1.165) is 34.6 Å². The average molecular weight is 481 g/mol. The number of urea groups is 1. The monoisotopic (exact) mass is 480 g/mol. The maximum atomic E-state index is 13.0. The van der Waals surface area contributed by atoms with Gasteiger partial charge in [0.2, 0.25) is 5.82 Å². The zero-order valence-corrected chi connectivity index (χ0v) is 20.6. The van der Waals surface area contributed by atoms with Crippen LogP contribution in [0.1, 0.15) is 51.6 Å². The van der Waals surface area contributed by atoms with Crippen molar-refractivity contribution in [2.24, 2.45) is 5.92 Å². The Kier molecular flexibility index (Phi) is 7.22. The van der Waals surface area contributed by atoms with Gasteiger partial charge in [0, 0.05) is 22.8 Å². The lowest BCUT2D eigenvalue weighted by Crippen LogP contribution is -2.46. The number of aromatic nitrogens is 2. The molecule has 1 N–H and O–H groups in total. The van der Waals surface area contributed by atoms with Crippen LogP contribution in [0.3, 0.4) is 0 Å². The minimum atomic E-state index is -0.463. The zero-order valence-electron chi connectivity index (χ0n) is 19.8. The molecule has 1 aromatic heterocycles. The average Bonchev–Trinajstić information content (AvgIpc) is 3.29. The van der Waals surface area contributed by atoms with Gasteiger partial charge in [-0.3, -0.25) is 4.90 Å². The van der Waals surface area contributed by atoms with Crippen LogP contribution in [0.2, 0.25) is 5.02 Å². The highest BCUT2D eigenvalue weighted by Gasteiger charge is 2.35. The van der Waals surface area contributed by atoms with Gasteiger partial charge in [0.15, 0.2) is 0 Å². The summed E-state index contributed by atoms with van der Waals surface area (Å²) < 4.78 is 11.3. The van der Waals surface area contributed by atoms with E-state index in [2.05, 4.69) is 24.3 Å². The van der Waals surface area contributed by atoms with Crippen LogP contribution < -0.4 is 10.1 Å². The SMILES string of the molecule is CCOc1ccc(-c2noc(C3=C(C)N(CCC(C)C)C(=O)NC3c3cccc(Cl)c3)n2)cc1. The second kappa shape index (κ2) is 10.3. The molecule has 2 aromatic carbocycles. The van der Waals surface area contributed by atoms with E-state index in [1.54, 1.807) is 11.0 Å². The predicted octanol–water partition coefficient (Wildman–Crippen LogP) is 6.33. The first kappa shape index (κ1) is 23.8. The smallest absolute Gasteiger partial charge is 0.322 e. The third kappa shape index (κ3) is 5.09. The van der Waals surface area contributed by atoms with Gasteiger partial charge in [0.1, 0.15) is 5.75 Å². The van der Waals surface area contributed by atoms with Gasteiger partial charge in [-0.05, 0) is 68.1 Å². The summed E-state index contributed by atoms with van der Waals surface area (Å²) >= 11 is 6.26. The summed E-state index contributed by atoms with van der Waals surface area (Å²) in [5, 5.41) is 7.92. The Morgan fingerprint density at radius 2 is 1.97 bits per heavy atom. The van der Waals surface area contributed by atoms with Gasteiger partial charge in [-0.2, -0.15) is 4.98 Å². The summed E-state index contributed by atoms with van der Waals surface area (Å²) in [7, 11) is 0. The largest absolute Gasteiger partial charge is 0.494 e. The molecule has 1 unspecified atom stereocenters. The molecule has 1 aliphatic rings. The van der Waals surface area contributed by atoms with E-state index in [0.29, 0.717) is 35.8 Å². The highest BCUT2D eigenvalue weighted by Crippen LogP contribution is 2.38. The number of halogens is 1. The quantitative estimate of drug-likeness (QED) is 0.407. The van der Waals surface area contributed by atoms with Crippen molar-refractivity contribution in [1.29, 1.82) is 0 Å². The molecule has 0 aliphatic carbocycles. The number of amides is 2. The normalized spacial score (nSPS) is 16.2. The van der Waals surface area contributed by atoms with Crippen molar-refractivity contribution >= 4 is 23.2 Å². The summed E-state index contributed by atoms with van der Waals surface area (Å²) in [4.78, 5) is 19.5. The number of hydrogen-bond acceptors (Lipinski definition) is 5. The molecule has 8 heteroatoms. The van der Waals surface area contributed by atoms with Crippen LogP contribution >= 0.6 is 11.6 Å². The van der Waals surface area contributed by atoms with E-state index in [4.69, 9.17) is 25.8 Å². The second-order valence-electron chi connectivity index (χ2n) is 8.65. The van der Waals surface area contributed by atoms with Crippen molar-refractivity contribution < 1.29 is 14.1 Å². The summed E-state index contributed by atoms with van der Waals surface area (Å²) in [6.07, 6.45) is 0.876. The summed E-state index contributed by atoms with van der Waals surface area (Å²) in [5.41, 5.74) is 3.21. The maximum Gasteiger partial charge on any atom is 0.322 e. The van der Waals surface area contributed by atoms with E-state index >= 15 is 0 Å². The number of benzene rings is 2. The molecule has 0 bridgehead atoms. The molecule has 2 heterocycles. The summed E-state index contributed by atoms with van der Waals surface area (Å²) in [6, 6.07) is 14.4. The first-order valence-electron chi connectivity index (χ1n) is 11.5. The van der Waals surface area contributed by atoms with E-state index < -0.39 is 6.04 Å². The van der Waals surface area contributed by atoms with Crippen LogP contribution in [0, 0.1) is 5.92 Å². The van der Waals surface area contributed by atoms with Crippen LogP contribution in [-0.2, 0) is 0 Å². The first-order chi connectivity index (χ1) is 16.4. The molecule has 0 saturated heterocycles. The first-order valence-corrected chi connectivity index (χ1v) is 11.9. The van der Waals surface area contributed by atoms with Crippen LogP contribution in [0.15, 0.2) is 58.8 Å². The molecule has 178 valence electrons. The van der Waals surface area contributed by atoms with Gasteiger partial charge >= 0.3 is 6.03 Å². The number of allylic oxidation sites excluding steroid dienone is 1. The lowest BCUT2D eigenvalue weighted by Gasteiger charge is -2.35. The number of nitrogens with one attached hydrogen (secondary N) is 1. The molecular weight excluding hydrogens is 452 g/mol. The predicted molar refractivity (Wildman–Crippen MR) is 132 cm³/mol. The van der Waals surface area contributed by atoms with Crippen molar-refractivity contribution in [2.75, 3.05) is 13.2 Å². The Hall–Kier alpha value is -3.32. The van der Waals surface area contributed by atoms with E-state index in [9.17, 15) is 4.79 Å². The van der Waals surface area contributed by atoms with Crippen molar-refractivity contribution in [1.82, 2.24) is 20.4 Å². The van der Waals surface area contributed by atoms with Crippen molar-refractivity contribution in [3.63, 3.8) is 0 Å². The molecular formula is C26H29ClN4O3. The van der Waals surface area contributed by atoms with Gasteiger partial charge in [-0.1, -0.05) is 42.7 Å². The van der Waals surface area contributed by atoms with E-state index in [-0.39, 0.29) is 6.03 Å². The standard InChI is InChI=1S/C26H29ClN4O3/c1-5-33-21-11-9-18(10-12-21)24-29-25(34-30-24)22-17(4)31(14-13-16(2)3)26(32)28-23(22)19-7-6-8-20(27)15-19/h6-12,15-16,23H,5,13-14H2,1-4H3,(H,28,32). The Labute approximate surface area is 204 Å². The highest BCUT2D eigenvalue weighted by atomic mass is 35.5. The molecule has 0 saturated carbocycles. The van der Waals surface area contributed by atoms with Crippen LogP contribution in [0.25, 0.3) is 17.0 Å². The van der Waals surface area contributed by atoms with Crippen LogP contribution in [-0.4, -0.2) is 34.2 Å². The van der Waals surface area contributed by atoms with Crippen molar-refractivity contribution in [3.05, 3.63) is 70.7 Å². The Bertz CT molecular complexity index is 1190. The third-order valence-electron chi connectivity index (χ3n) is 5.79. The fraction of sp³-hybridized carbons (Fsp3) is 0.346. The minimum absolute atomic E-state index is 0.155. The number of hydrogen-bond donors (Lipinski definition) is 1. The fourth-order valence-electron chi connectivity index (χ4n) is 3.97. The topological polar surface area (TPSA) is 80.5 Å². The molecule has 7 nitrogen and oxygen atoms in total. The minimum Gasteiger partial charge on any atom is -0.494 e. The number of ether oxygens (including phenoxy) is 1. The molecule has 1 aliphatic heterocycles. The lowest BCUT2D eigenvalue weighted by atomic mass is 9.94. The van der Waals surface area contributed by atoms with E-state index in [1.165, 1.54) is 0 Å². The molecule has 34 heavy (non-hydrogen) atoms. The fourth-order valence-corrected chi connectivity index (χ4v) is 4.17. The second-order valence-corrected chi connectivity index (χ2v) is 9.09. The van der Waals surface area contributed by atoms with Crippen LogP contribution in [0.5, 0.6) is 5.75 Å². The highest BCUT2D eigenvalue weighted by molar-refractivity contribution is 6.30. The van der Waals surface area contributed by atoms with Gasteiger partial charge < -0.3 is 14.6 Å². The molecule has 1 atom stereocenters. The molecule has 2 amide bonds. The number of carbonyl (C=O) groups is 1. The Morgan fingerprint density at radius 3 is 2.65 bits per heavy atom. The lowest BCUT2D eigenvalue weighted by molar-refractivity contribution is 0.202. The molecule has 3 aromatic rings. The Morgan fingerprint density at radius 1 is 1.21 bits per heavy atom. The van der Waals surface area contributed by atoms with Gasteiger partial charge in [-0.25, -0.2) is 4.79 Å². The molecule has 0 fully saturated rings. The van der Waals surface area contributed by atoms with Gasteiger partial charge in [0.05, 0.1) is 18.2 Å². The van der Waals surface area contributed by atoms with Gasteiger partial charge in [0.25, 0.3) is 5.89 Å². The number of nitrogens with zero attached hydrogens (tertiary/aromatic N) is 3. The summed E-state index contributed by atoms with van der Waals surface area (Å²) in [6.45, 7) is 9.34.